The van der Waals surface area contributed by atoms with Crippen molar-refractivity contribution in [2.45, 2.75) is 32.7 Å². The summed E-state index contributed by atoms with van der Waals surface area (Å²) in [7, 11) is 0. The van der Waals surface area contributed by atoms with Crippen molar-refractivity contribution in [2.24, 2.45) is 5.92 Å². The number of carbonyl (C=O) groups excluding carboxylic acids is 1. The number of rotatable bonds is 5. The lowest BCUT2D eigenvalue weighted by atomic mass is 10.0. The quantitative estimate of drug-likeness (QED) is 0.635. The van der Waals surface area contributed by atoms with E-state index in [2.05, 4.69) is 11.2 Å². The number of nitrogens with one attached hydrogen (secondary N) is 1. The molecule has 14 heavy (non-hydrogen) atoms. The Morgan fingerprint density at radius 3 is 2.43 bits per heavy atom. The minimum atomic E-state index is -1.02. The van der Waals surface area contributed by atoms with Gasteiger partial charge >= 0.3 is 5.97 Å². The molecule has 0 fully saturated rings. The van der Waals surface area contributed by atoms with Crippen LogP contribution < -0.4 is 5.32 Å². The Bertz CT molecular complexity index is 253. The Balaban J connectivity index is 4.17. The maximum atomic E-state index is 11.0. The topological polar surface area (TPSA) is 66.4 Å². The Labute approximate surface area is 83.7 Å². The van der Waals surface area contributed by atoms with Crippen molar-refractivity contribution in [1.29, 1.82) is 0 Å². The van der Waals surface area contributed by atoms with E-state index in [1.807, 2.05) is 13.8 Å². The van der Waals surface area contributed by atoms with E-state index in [4.69, 9.17) is 11.5 Å². The molecule has 0 aromatic heterocycles. The molecule has 0 aromatic carbocycles. The highest BCUT2D eigenvalue weighted by Gasteiger charge is 2.20. The predicted molar refractivity (Wildman–Crippen MR) is 52.5 cm³/mol. The first-order valence-corrected chi connectivity index (χ1v) is 4.43. The van der Waals surface area contributed by atoms with E-state index in [0.29, 0.717) is 6.42 Å². The molecule has 0 aliphatic rings. The van der Waals surface area contributed by atoms with Gasteiger partial charge in [0.1, 0.15) is 6.04 Å². The van der Waals surface area contributed by atoms with Crippen molar-refractivity contribution in [3.8, 4) is 12.3 Å². The van der Waals surface area contributed by atoms with Crippen LogP contribution in [0.2, 0.25) is 0 Å². The predicted octanol–water partition coefficient (Wildman–Crippen LogP) is 0.625. The van der Waals surface area contributed by atoms with Gasteiger partial charge in [-0.3, -0.25) is 4.79 Å². The van der Waals surface area contributed by atoms with Gasteiger partial charge in [0.05, 0.1) is 6.42 Å². The number of hydrogen-bond donors (Lipinski definition) is 2. The van der Waals surface area contributed by atoms with Gasteiger partial charge in [0.15, 0.2) is 0 Å². The summed E-state index contributed by atoms with van der Waals surface area (Å²) in [5.41, 5.74) is 0. The van der Waals surface area contributed by atoms with E-state index in [1.165, 1.54) is 0 Å². The zero-order valence-corrected chi connectivity index (χ0v) is 8.41. The van der Waals surface area contributed by atoms with E-state index < -0.39 is 17.9 Å². The smallest absolute Gasteiger partial charge is 0.326 e. The number of hydrogen-bond acceptors (Lipinski definition) is 2. The molecule has 78 valence electrons. The Hall–Kier alpha value is -1.50. The summed E-state index contributed by atoms with van der Waals surface area (Å²) in [4.78, 5) is 21.7. The van der Waals surface area contributed by atoms with Crippen molar-refractivity contribution in [2.75, 3.05) is 0 Å². The molecular formula is C10H15NO3. The van der Waals surface area contributed by atoms with E-state index >= 15 is 0 Å². The average molecular weight is 197 g/mol. The van der Waals surface area contributed by atoms with Gasteiger partial charge in [-0.05, 0) is 12.3 Å². The monoisotopic (exact) mass is 197 g/mol. The van der Waals surface area contributed by atoms with E-state index in [-0.39, 0.29) is 12.3 Å². The number of carbonyl (C=O) groups is 2. The summed E-state index contributed by atoms with van der Waals surface area (Å²) in [6.45, 7) is 3.78. The van der Waals surface area contributed by atoms with Crippen molar-refractivity contribution in [3.05, 3.63) is 0 Å². The first-order valence-electron chi connectivity index (χ1n) is 4.43. The van der Waals surface area contributed by atoms with Gasteiger partial charge in [0, 0.05) is 0 Å². The molecule has 0 rings (SSSR count). The first kappa shape index (κ1) is 12.5. The van der Waals surface area contributed by atoms with Crippen LogP contribution in [0.4, 0.5) is 0 Å². The summed E-state index contributed by atoms with van der Waals surface area (Å²) in [5.74, 6) is 0.930. The molecular weight excluding hydrogens is 182 g/mol. The lowest BCUT2D eigenvalue weighted by Crippen LogP contribution is -2.41. The molecule has 1 amide bonds. The third-order valence-corrected chi connectivity index (χ3v) is 1.60. The third-order valence-electron chi connectivity index (χ3n) is 1.60. The SMILES string of the molecule is C#CCC(=O)N[C@@H](CC(C)C)C(=O)O. The summed E-state index contributed by atoms with van der Waals surface area (Å²) in [6.07, 6.45) is 5.25. The van der Waals surface area contributed by atoms with Crippen LogP contribution in [0, 0.1) is 18.3 Å². The molecule has 2 N–H and O–H groups in total. The Kier molecular flexibility index (Phi) is 5.38. The van der Waals surface area contributed by atoms with Crippen LogP contribution >= 0.6 is 0 Å². The standard InChI is InChI=1S/C10H15NO3/c1-4-5-9(12)11-8(10(13)14)6-7(2)3/h1,7-8H,5-6H2,2-3H3,(H,11,12)(H,13,14)/t8-/m0/s1. The van der Waals surface area contributed by atoms with Crippen molar-refractivity contribution in [1.82, 2.24) is 5.32 Å². The largest absolute Gasteiger partial charge is 0.480 e. The van der Waals surface area contributed by atoms with Crippen LogP contribution in [0.5, 0.6) is 0 Å². The summed E-state index contributed by atoms with van der Waals surface area (Å²) >= 11 is 0. The highest BCUT2D eigenvalue weighted by molar-refractivity contribution is 5.84. The van der Waals surface area contributed by atoms with Crippen LogP contribution in [0.1, 0.15) is 26.7 Å². The third kappa shape index (κ3) is 5.20. The molecule has 0 saturated carbocycles. The molecule has 0 aromatic rings. The second-order valence-electron chi connectivity index (χ2n) is 3.47. The van der Waals surface area contributed by atoms with Crippen LogP contribution in [-0.4, -0.2) is 23.0 Å². The van der Waals surface area contributed by atoms with E-state index in [9.17, 15) is 9.59 Å². The fraction of sp³-hybridized carbons (Fsp3) is 0.600. The van der Waals surface area contributed by atoms with Crippen LogP contribution in [-0.2, 0) is 9.59 Å². The molecule has 4 heteroatoms. The summed E-state index contributed by atoms with van der Waals surface area (Å²) < 4.78 is 0. The Morgan fingerprint density at radius 1 is 1.50 bits per heavy atom. The van der Waals surface area contributed by atoms with Gasteiger partial charge in [0.25, 0.3) is 0 Å². The van der Waals surface area contributed by atoms with Gasteiger partial charge in [-0.25, -0.2) is 4.79 Å². The van der Waals surface area contributed by atoms with Crippen molar-refractivity contribution >= 4 is 11.9 Å². The lowest BCUT2D eigenvalue weighted by molar-refractivity contribution is -0.142. The number of terminal acetylenes is 1. The van der Waals surface area contributed by atoms with Gasteiger partial charge in [-0.1, -0.05) is 19.8 Å². The van der Waals surface area contributed by atoms with Crippen molar-refractivity contribution < 1.29 is 14.7 Å². The molecule has 4 nitrogen and oxygen atoms in total. The molecule has 0 bridgehead atoms. The number of carboxylic acids is 1. The molecule has 0 radical (unpaired) electrons. The number of amides is 1. The molecule has 1 atom stereocenters. The maximum absolute atomic E-state index is 11.0. The first-order chi connectivity index (χ1) is 6.47. The van der Waals surface area contributed by atoms with E-state index in [0.717, 1.165) is 0 Å². The van der Waals surface area contributed by atoms with E-state index in [1.54, 1.807) is 0 Å². The minimum Gasteiger partial charge on any atom is -0.480 e. The van der Waals surface area contributed by atoms with Crippen molar-refractivity contribution in [3.63, 3.8) is 0 Å². The molecule has 0 aliphatic heterocycles. The van der Waals surface area contributed by atoms with Gasteiger partial charge < -0.3 is 10.4 Å². The van der Waals surface area contributed by atoms with Crippen LogP contribution in [0.3, 0.4) is 0 Å². The zero-order valence-electron chi connectivity index (χ0n) is 8.41. The summed E-state index contributed by atoms with van der Waals surface area (Å²) in [6, 6.07) is -0.837. The van der Waals surface area contributed by atoms with Gasteiger partial charge in [-0.15, -0.1) is 6.42 Å². The Morgan fingerprint density at radius 2 is 2.07 bits per heavy atom. The number of aliphatic carboxylic acids is 1. The lowest BCUT2D eigenvalue weighted by Gasteiger charge is -2.15. The fourth-order valence-corrected chi connectivity index (χ4v) is 1.03. The average Bonchev–Trinajstić information content (AvgIpc) is 2.02. The molecule has 0 unspecified atom stereocenters. The zero-order chi connectivity index (χ0) is 11.1. The maximum Gasteiger partial charge on any atom is 0.326 e. The van der Waals surface area contributed by atoms with Gasteiger partial charge in [0.2, 0.25) is 5.91 Å². The second-order valence-corrected chi connectivity index (χ2v) is 3.47. The fourth-order valence-electron chi connectivity index (χ4n) is 1.03. The minimum absolute atomic E-state index is 0.0815. The molecule has 0 spiro atoms. The molecule has 0 heterocycles. The van der Waals surface area contributed by atoms with Crippen LogP contribution in [0.15, 0.2) is 0 Å². The summed E-state index contributed by atoms with van der Waals surface area (Å²) in [5, 5.41) is 11.1. The van der Waals surface area contributed by atoms with Crippen LogP contribution in [0.25, 0.3) is 0 Å². The highest BCUT2D eigenvalue weighted by atomic mass is 16.4. The molecule has 0 aliphatic carbocycles. The number of carboxylic acid groups (broad SMARTS) is 1. The highest BCUT2D eigenvalue weighted by Crippen LogP contribution is 2.04. The second kappa shape index (κ2) is 6.03. The molecule has 0 saturated heterocycles. The van der Waals surface area contributed by atoms with Gasteiger partial charge in [-0.2, -0.15) is 0 Å². The normalized spacial score (nSPS) is 11.9.